The molecule has 242 valence electrons. The zero-order valence-corrected chi connectivity index (χ0v) is 27.1. The van der Waals surface area contributed by atoms with Gasteiger partial charge in [-0.25, -0.2) is 14.6 Å². The standard InChI is InChI=1S/C28H38ClF3N6O5Si/c1-18-25(23(28(30,31)32)26(41)38(35-18)17-42-11-12-44(2,3)4)43-16-20-6-5-19(24(20)40)13-22(39)36-7-9-37(10-8-36)27-33-14-21(29)15-34-27/h14-15,19-20H,5-13,16-17H2,1-4H3. The summed E-state index contributed by atoms with van der Waals surface area (Å²) in [6.07, 6.45) is -1.16. The van der Waals surface area contributed by atoms with Gasteiger partial charge in [-0.05, 0) is 25.8 Å². The van der Waals surface area contributed by atoms with Crippen LogP contribution in [-0.4, -0.2) is 83.8 Å². The van der Waals surface area contributed by atoms with Crippen molar-refractivity contribution in [1.82, 2.24) is 24.6 Å². The van der Waals surface area contributed by atoms with E-state index in [4.69, 9.17) is 21.1 Å². The lowest BCUT2D eigenvalue weighted by molar-refractivity contribution is -0.141. The minimum absolute atomic E-state index is 0.0227. The van der Waals surface area contributed by atoms with Crippen LogP contribution in [0.25, 0.3) is 0 Å². The maximum absolute atomic E-state index is 14.0. The zero-order chi connectivity index (χ0) is 32.2. The molecule has 0 bridgehead atoms. The van der Waals surface area contributed by atoms with Crippen molar-refractivity contribution >= 4 is 37.3 Å². The van der Waals surface area contributed by atoms with E-state index in [1.807, 2.05) is 4.90 Å². The second-order valence-corrected chi connectivity index (χ2v) is 18.5. The molecule has 4 rings (SSSR count). The summed E-state index contributed by atoms with van der Waals surface area (Å²) in [5.41, 5.74) is -2.97. The molecule has 2 fully saturated rings. The van der Waals surface area contributed by atoms with Gasteiger partial charge in [0.25, 0.3) is 5.56 Å². The van der Waals surface area contributed by atoms with Crippen molar-refractivity contribution in [3.05, 3.63) is 39.0 Å². The number of aromatic nitrogens is 4. The molecular formula is C28H38ClF3N6O5Si. The van der Waals surface area contributed by atoms with Gasteiger partial charge in [-0.15, -0.1) is 0 Å². The van der Waals surface area contributed by atoms with Crippen LogP contribution in [-0.2, 0) is 27.2 Å². The number of carbonyl (C=O) groups is 2. The number of hydrogen-bond acceptors (Lipinski definition) is 9. The van der Waals surface area contributed by atoms with E-state index in [0.717, 1.165) is 6.04 Å². The Bertz CT molecular complexity index is 1390. The van der Waals surface area contributed by atoms with Gasteiger partial charge in [-0.3, -0.25) is 14.4 Å². The molecule has 2 aromatic rings. The predicted molar refractivity (Wildman–Crippen MR) is 160 cm³/mol. The summed E-state index contributed by atoms with van der Waals surface area (Å²) in [5, 5.41) is 4.42. The Morgan fingerprint density at radius 1 is 1.07 bits per heavy atom. The largest absolute Gasteiger partial charge is 0.490 e. The van der Waals surface area contributed by atoms with Gasteiger partial charge in [-0.1, -0.05) is 31.2 Å². The molecule has 1 aliphatic heterocycles. The van der Waals surface area contributed by atoms with Crippen molar-refractivity contribution in [2.45, 2.75) is 64.8 Å². The first-order chi connectivity index (χ1) is 20.6. The van der Waals surface area contributed by atoms with Crippen molar-refractivity contribution in [1.29, 1.82) is 0 Å². The fourth-order valence-electron chi connectivity index (χ4n) is 5.26. The van der Waals surface area contributed by atoms with Crippen LogP contribution in [0, 0.1) is 18.8 Å². The molecule has 0 radical (unpaired) electrons. The molecule has 1 aliphatic carbocycles. The molecule has 2 aromatic heterocycles. The van der Waals surface area contributed by atoms with Crippen molar-refractivity contribution in [2.24, 2.45) is 11.8 Å². The molecule has 2 aliphatic rings. The van der Waals surface area contributed by atoms with Gasteiger partial charge in [-0.2, -0.15) is 18.3 Å². The highest BCUT2D eigenvalue weighted by Gasteiger charge is 2.42. The lowest BCUT2D eigenvalue weighted by Crippen LogP contribution is -2.49. The first kappa shape index (κ1) is 33.8. The average Bonchev–Trinajstić information content (AvgIpc) is 3.29. The summed E-state index contributed by atoms with van der Waals surface area (Å²) in [5.74, 6) is -1.78. The summed E-state index contributed by atoms with van der Waals surface area (Å²) in [6, 6.07) is 0.784. The number of ketones is 1. The maximum atomic E-state index is 14.0. The molecule has 2 unspecified atom stereocenters. The Labute approximate surface area is 259 Å². The van der Waals surface area contributed by atoms with E-state index in [-0.39, 0.29) is 30.4 Å². The fourth-order valence-corrected chi connectivity index (χ4v) is 6.11. The molecule has 0 aromatic carbocycles. The van der Waals surface area contributed by atoms with Gasteiger partial charge < -0.3 is 19.3 Å². The van der Waals surface area contributed by atoms with Crippen LogP contribution >= 0.6 is 11.6 Å². The number of amides is 1. The summed E-state index contributed by atoms with van der Waals surface area (Å²) < 4.78 is 53.7. The minimum Gasteiger partial charge on any atom is -0.490 e. The van der Waals surface area contributed by atoms with E-state index in [1.54, 1.807) is 4.90 Å². The SMILES string of the molecule is Cc1nn(COCC[Si](C)(C)C)c(=O)c(C(F)(F)F)c1OCC1CCC(CC(=O)N2CCN(c3ncc(Cl)cn3)CC2)C1=O. The predicted octanol–water partition coefficient (Wildman–Crippen LogP) is 4.04. The van der Waals surface area contributed by atoms with E-state index in [2.05, 4.69) is 34.7 Å². The normalized spacial score (nSPS) is 19.5. The molecular weight excluding hydrogens is 621 g/mol. The molecule has 0 N–H and O–H groups in total. The van der Waals surface area contributed by atoms with Gasteiger partial charge >= 0.3 is 6.18 Å². The fraction of sp³-hybridized carbons (Fsp3) is 0.643. The second-order valence-electron chi connectivity index (χ2n) is 12.4. The number of halogens is 4. The van der Waals surface area contributed by atoms with Gasteiger partial charge in [0.1, 0.15) is 18.2 Å². The monoisotopic (exact) mass is 658 g/mol. The summed E-state index contributed by atoms with van der Waals surface area (Å²) >= 11 is 5.85. The summed E-state index contributed by atoms with van der Waals surface area (Å²) in [4.78, 5) is 50.9. The third-order valence-electron chi connectivity index (χ3n) is 7.81. The Morgan fingerprint density at radius 3 is 2.32 bits per heavy atom. The number of ether oxygens (including phenoxy) is 2. The molecule has 1 saturated heterocycles. The first-order valence-corrected chi connectivity index (χ1v) is 18.7. The number of carbonyl (C=O) groups excluding carboxylic acids is 2. The Kier molecular flexibility index (Phi) is 10.7. The summed E-state index contributed by atoms with van der Waals surface area (Å²) in [7, 11) is -1.43. The lowest BCUT2D eigenvalue weighted by atomic mass is 9.99. The molecule has 2 atom stereocenters. The van der Waals surface area contributed by atoms with Crippen LogP contribution in [0.15, 0.2) is 17.2 Å². The highest BCUT2D eigenvalue weighted by molar-refractivity contribution is 6.76. The van der Waals surface area contributed by atoms with E-state index in [1.165, 1.54) is 19.3 Å². The maximum Gasteiger partial charge on any atom is 0.425 e. The smallest absolute Gasteiger partial charge is 0.425 e. The van der Waals surface area contributed by atoms with E-state index in [0.29, 0.717) is 61.3 Å². The highest BCUT2D eigenvalue weighted by atomic mass is 35.5. The van der Waals surface area contributed by atoms with Crippen LogP contribution in [0.2, 0.25) is 30.7 Å². The molecule has 1 saturated carbocycles. The number of rotatable bonds is 11. The minimum atomic E-state index is -5.00. The molecule has 11 nitrogen and oxygen atoms in total. The van der Waals surface area contributed by atoms with Crippen LogP contribution < -0.4 is 15.2 Å². The number of hydrogen-bond donors (Lipinski definition) is 0. The Morgan fingerprint density at radius 2 is 1.70 bits per heavy atom. The molecule has 44 heavy (non-hydrogen) atoms. The van der Waals surface area contributed by atoms with E-state index < -0.39 is 49.7 Å². The van der Waals surface area contributed by atoms with Crippen LogP contribution in [0.1, 0.15) is 30.5 Å². The van der Waals surface area contributed by atoms with Crippen LogP contribution in [0.3, 0.4) is 0 Å². The first-order valence-electron chi connectivity index (χ1n) is 14.6. The number of alkyl halides is 3. The number of Topliss-reactive ketones (excluding diaryl/α,β-unsaturated/α-hetero) is 1. The Balaban J connectivity index is 1.33. The average molecular weight is 659 g/mol. The third kappa shape index (κ3) is 8.56. The van der Waals surface area contributed by atoms with Crippen LogP contribution in [0.5, 0.6) is 5.75 Å². The topological polar surface area (TPSA) is 120 Å². The number of anilines is 1. The van der Waals surface area contributed by atoms with Crippen molar-refractivity contribution in [3.63, 3.8) is 0 Å². The number of nitrogens with zero attached hydrogens (tertiary/aromatic N) is 6. The van der Waals surface area contributed by atoms with Crippen molar-refractivity contribution in [3.8, 4) is 5.75 Å². The molecule has 1 amide bonds. The van der Waals surface area contributed by atoms with Gasteiger partial charge in [0, 0.05) is 53.2 Å². The lowest BCUT2D eigenvalue weighted by Gasteiger charge is -2.35. The quantitative estimate of drug-likeness (QED) is 0.260. The van der Waals surface area contributed by atoms with Gasteiger partial charge in [0.15, 0.2) is 11.3 Å². The van der Waals surface area contributed by atoms with Crippen molar-refractivity contribution < 1.29 is 32.2 Å². The number of aryl methyl sites for hydroxylation is 1. The van der Waals surface area contributed by atoms with Crippen LogP contribution in [0.4, 0.5) is 19.1 Å². The number of piperazine rings is 1. The molecule has 3 heterocycles. The second kappa shape index (κ2) is 13.9. The zero-order valence-electron chi connectivity index (χ0n) is 25.3. The Hall–Kier alpha value is -3.04. The van der Waals surface area contributed by atoms with E-state index >= 15 is 0 Å². The highest BCUT2D eigenvalue weighted by Crippen LogP contribution is 2.36. The summed E-state index contributed by atoms with van der Waals surface area (Å²) in [6.45, 7) is 9.23. The third-order valence-corrected chi connectivity index (χ3v) is 9.71. The van der Waals surface area contributed by atoms with Gasteiger partial charge in [0.05, 0.1) is 29.9 Å². The van der Waals surface area contributed by atoms with Crippen molar-refractivity contribution in [2.75, 3.05) is 44.3 Å². The molecule has 0 spiro atoms. The van der Waals surface area contributed by atoms with Gasteiger partial charge in [0.2, 0.25) is 11.9 Å². The molecule has 16 heteroatoms. The van der Waals surface area contributed by atoms with E-state index in [9.17, 15) is 27.6 Å².